The Hall–Kier alpha value is -2.38. The zero-order chi connectivity index (χ0) is 18.0. The summed E-state index contributed by atoms with van der Waals surface area (Å²) in [4.78, 5) is 27.6. The van der Waals surface area contributed by atoms with Gasteiger partial charge < -0.3 is 10.3 Å². The van der Waals surface area contributed by atoms with Crippen LogP contribution in [0.2, 0.25) is 4.34 Å². The SMILES string of the molecule is CC(C)C(=O)n1nc(-c2cc[nH]c(=O)c2)cc1NCc1ccc(Cl)s1. The number of carbonyl (C=O) groups excluding carboxylic acids is 1. The Morgan fingerprint density at radius 1 is 1.36 bits per heavy atom. The summed E-state index contributed by atoms with van der Waals surface area (Å²) in [5, 5.41) is 7.62. The summed E-state index contributed by atoms with van der Waals surface area (Å²) in [5.74, 6) is 0.255. The number of hydrogen-bond donors (Lipinski definition) is 2. The van der Waals surface area contributed by atoms with E-state index in [-0.39, 0.29) is 17.4 Å². The predicted octanol–water partition coefficient (Wildman–Crippen LogP) is 3.86. The summed E-state index contributed by atoms with van der Waals surface area (Å²) in [7, 11) is 0. The molecule has 0 aliphatic carbocycles. The van der Waals surface area contributed by atoms with Crippen LogP contribution in [0.25, 0.3) is 11.3 Å². The molecule has 0 aliphatic rings. The lowest BCUT2D eigenvalue weighted by atomic mass is 10.2. The summed E-state index contributed by atoms with van der Waals surface area (Å²) in [6.45, 7) is 4.17. The van der Waals surface area contributed by atoms with Gasteiger partial charge in [-0.15, -0.1) is 11.3 Å². The molecule has 3 aromatic rings. The predicted molar refractivity (Wildman–Crippen MR) is 100 cm³/mol. The quantitative estimate of drug-likeness (QED) is 0.708. The molecule has 0 aliphatic heterocycles. The van der Waals surface area contributed by atoms with Crippen molar-refractivity contribution >= 4 is 34.7 Å². The number of H-pyrrole nitrogens is 1. The lowest BCUT2D eigenvalue weighted by molar-refractivity contribution is 0.0841. The minimum Gasteiger partial charge on any atom is -0.365 e. The van der Waals surface area contributed by atoms with Crippen molar-refractivity contribution in [3.05, 3.63) is 56.1 Å². The maximum Gasteiger partial charge on any atom is 0.251 e. The maximum absolute atomic E-state index is 12.5. The van der Waals surface area contributed by atoms with Gasteiger partial charge in [0.1, 0.15) is 5.82 Å². The molecule has 6 nitrogen and oxygen atoms in total. The molecule has 130 valence electrons. The molecule has 0 atom stereocenters. The molecule has 3 aromatic heterocycles. The van der Waals surface area contributed by atoms with Crippen LogP contribution in [0.1, 0.15) is 23.5 Å². The summed E-state index contributed by atoms with van der Waals surface area (Å²) in [6.07, 6.45) is 1.56. The Labute approximate surface area is 153 Å². The van der Waals surface area contributed by atoms with Crippen LogP contribution in [-0.2, 0) is 6.54 Å². The Balaban J connectivity index is 1.94. The number of halogens is 1. The van der Waals surface area contributed by atoms with Gasteiger partial charge in [0.05, 0.1) is 16.6 Å². The largest absolute Gasteiger partial charge is 0.365 e. The van der Waals surface area contributed by atoms with Gasteiger partial charge in [0, 0.05) is 34.7 Å². The molecule has 0 radical (unpaired) electrons. The molecule has 3 heterocycles. The maximum atomic E-state index is 12.5. The lowest BCUT2D eigenvalue weighted by Gasteiger charge is -2.09. The van der Waals surface area contributed by atoms with Gasteiger partial charge in [-0.3, -0.25) is 9.59 Å². The first kappa shape index (κ1) is 17.4. The third-order valence-corrected chi connectivity index (χ3v) is 4.79. The molecular formula is C17H17ClN4O2S. The summed E-state index contributed by atoms with van der Waals surface area (Å²) < 4.78 is 2.07. The minimum absolute atomic E-state index is 0.122. The summed E-state index contributed by atoms with van der Waals surface area (Å²) >= 11 is 7.43. The van der Waals surface area contributed by atoms with Crippen molar-refractivity contribution in [3.8, 4) is 11.3 Å². The van der Waals surface area contributed by atoms with Gasteiger partial charge in [0.25, 0.3) is 5.91 Å². The molecule has 8 heteroatoms. The van der Waals surface area contributed by atoms with Crippen molar-refractivity contribution in [2.75, 3.05) is 5.32 Å². The second-order valence-corrected chi connectivity index (χ2v) is 7.62. The molecule has 0 spiro atoms. The number of pyridine rings is 1. The molecule has 0 bridgehead atoms. The minimum atomic E-state index is -0.218. The highest BCUT2D eigenvalue weighted by Gasteiger charge is 2.18. The average molecular weight is 377 g/mol. The molecule has 0 fully saturated rings. The van der Waals surface area contributed by atoms with Crippen molar-refractivity contribution in [3.63, 3.8) is 0 Å². The van der Waals surface area contributed by atoms with E-state index in [9.17, 15) is 9.59 Å². The number of rotatable bonds is 5. The van der Waals surface area contributed by atoms with Crippen molar-refractivity contribution in [1.29, 1.82) is 0 Å². The van der Waals surface area contributed by atoms with Crippen molar-refractivity contribution in [2.45, 2.75) is 20.4 Å². The van der Waals surface area contributed by atoms with Gasteiger partial charge in [-0.2, -0.15) is 9.78 Å². The summed E-state index contributed by atoms with van der Waals surface area (Å²) in [5.41, 5.74) is 0.998. The fourth-order valence-corrected chi connectivity index (χ4v) is 3.32. The molecule has 25 heavy (non-hydrogen) atoms. The lowest BCUT2D eigenvalue weighted by Crippen LogP contribution is -2.20. The second kappa shape index (κ2) is 7.25. The average Bonchev–Trinajstić information content (AvgIpc) is 3.18. The number of hydrogen-bond acceptors (Lipinski definition) is 5. The van der Waals surface area contributed by atoms with Gasteiger partial charge >= 0.3 is 0 Å². The van der Waals surface area contributed by atoms with Crippen LogP contribution in [0.3, 0.4) is 0 Å². The normalized spacial score (nSPS) is 11.0. The topological polar surface area (TPSA) is 79.8 Å². The van der Waals surface area contributed by atoms with Crippen LogP contribution in [-0.4, -0.2) is 20.7 Å². The molecule has 0 amide bonds. The smallest absolute Gasteiger partial charge is 0.251 e. The highest BCUT2D eigenvalue weighted by atomic mass is 35.5. The molecule has 2 N–H and O–H groups in total. The second-order valence-electron chi connectivity index (χ2n) is 5.82. The Bertz CT molecular complexity index is 957. The van der Waals surface area contributed by atoms with E-state index in [1.54, 1.807) is 18.3 Å². The zero-order valence-corrected chi connectivity index (χ0v) is 15.3. The first-order chi connectivity index (χ1) is 11.9. The monoisotopic (exact) mass is 376 g/mol. The van der Waals surface area contributed by atoms with Crippen LogP contribution in [0, 0.1) is 5.92 Å². The fourth-order valence-electron chi connectivity index (χ4n) is 2.29. The molecular weight excluding hydrogens is 360 g/mol. The third-order valence-electron chi connectivity index (χ3n) is 3.56. The van der Waals surface area contributed by atoms with Crippen LogP contribution >= 0.6 is 22.9 Å². The number of anilines is 1. The van der Waals surface area contributed by atoms with E-state index in [0.29, 0.717) is 28.0 Å². The highest BCUT2D eigenvalue weighted by Crippen LogP contribution is 2.25. The van der Waals surface area contributed by atoms with E-state index >= 15 is 0 Å². The fraction of sp³-hybridized carbons (Fsp3) is 0.235. The number of thiophene rings is 1. The van der Waals surface area contributed by atoms with Gasteiger partial charge in [-0.1, -0.05) is 25.4 Å². The number of nitrogens with one attached hydrogen (secondary N) is 2. The molecule has 0 saturated heterocycles. The van der Waals surface area contributed by atoms with E-state index in [2.05, 4.69) is 15.4 Å². The van der Waals surface area contributed by atoms with E-state index in [1.165, 1.54) is 22.1 Å². The highest BCUT2D eigenvalue weighted by molar-refractivity contribution is 7.16. The van der Waals surface area contributed by atoms with E-state index in [0.717, 1.165) is 4.88 Å². The molecule has 0 aromatic carbocycles. The Kier molecular flexibility index (Phi) is 5.06. The Morgan fingerprint density at radius 3 is 2.80 bits per heavy atom. The first-order valence-electron chi connectivity index (χ1n) is 7.75. The van der Waals surface area contributed by atoms with Crippen molar-refractivity contribution in [2.24, 2.45) is 5.92 Å². The number of nitrogens with zero attached hydrogens (tertiary/aromatic N) is 2. The van der Waals surface area contributed by atoms with E-state index in [4.69, 9.17) is 11.6 Å². The number of aromatic nitrogens is 3. The van der Waals surface area contributed by atoms with Gasteiger partial charge in [0.2, 0.25) is 5.56 Å². The zero-order valence-electron chi connectivity index (χ0n) is 13.7. The third kappa shape index (κ3) is 4.00. The summed E-state index contributed by atoms with van der Waals surface area (Å²) in [6, 6.07) is 8.74. The first-order valence-corrected chi connectivity index (χ1v) is 8.95. The Morgan fingerprint density at radius 2 is 2.16 bits per heavy atom. The van der Waals surface area contributed by atoms with Crippen LogP contribution in [0.5, 0.6) is 0 Å². The molecule has 3 rings (SSSR count). The standard InChI is InChI=1S/C17H17ClN4O2S/c1-10(2)17(24)22-15(20-9-12-3-4-14(18)25-12)8-13(21-22)11-5-6-19-16(23)7-11/h3-8,10,20H,9H2,1-2H3,(H,19,23). The number of aromatic amines is 1. The van der Waals surface area contributed by atoms with Gasteiger partial charge in [0.15, 0.2) is 0 Å². The molecule has 0 saturated carbocycles. The van der Waals surface area contributed by atoms with E-state index in [1.807, 2.05) is 26.0 Å². The molecule has 0 unspecified atom stereocenters. The van der Waals surface area contributed by atoms with Crippen LogP contribution in [0.4, 0.5) is 5.82 Å². The van der Waals surface area contributed by atoms with Gasteiger partial charge in [-0.05, 0) is 18.2 Å². The van der Waals surface area contributed by atoms with Crippen molar-refractivity contribution < 1.29 is 4.79 Å². The van der Waals surface area contributed by atoms with E-state index < -0.39 is 0 Å². The number of carbonyl (C=O) groups is 1. The van der Waals surface area contributed by atoms with Gasteiger partial charge in [-0.25, -0.2) is 0 Å². The van der Waals surface area contributed by atoms with Crippen LogP contribution < -0.4 is 10.9 Å². The van der Waals surface area contributed by atoms with Crippen LogP contribution in [0.15, 0.2) is 41.3 Å². The van der Waals surface area contributed by atoms with Crippen molar-refractivity contribution in [1.82, 2.24) is 14.8 Å².